The summed E-state index contributed by atoms with van der Waals surface area (Å²) in [6, 6.07) is 6.59. The van der Waals surface area contributed by atoms with Crippen molar-refractivity contribution in [1.29, 1.82) is 0 Å². The molecule has 1 aromatic carbocycles. The molecule has 0 radical (unpaired) electrons. The topological polar surface area (TPSA) is 38.5 Å². The van der Waals surface area contributed by atoms with Crippen molar-refractivity contribution in [2.24, 2.45) is 5.41 Å². The first-order chi connectivity index (χ1) is 11.0. The average Bonchev–Trinajstić information content (AvgIpc) is 2.55. The Hall–Kier alpha value is -1.03. The van der Waals surface area contributed by atoms with Crippen molar-refractivity contribution >= 4 is 23.7 Å². The van der Waals surface area contributed by atoms with Gasteiger partial charge in [0.25, 0.3) is 0 Å². The monoisotopic (exact) mass is 350 g/mol. The van der Waals surface area contributed by atoms with Gasteiger partial charge in [-0.25, -0.2) is 0 Å². The van der Waals surface area contributed by atoms with Crippen LogP contribution in [0.3, 0.4) is 0 Å². The molecule has 1 fully saturated rings. The molecule has 24 heavy (non-hydrogen) atoms. The fourth-order valence-electron chi connectivity index (χ4n) is 3.47. The van der Waals surface area contributed by atoms with Crippen molar-refractivity contribution < 1.29 is 4.74 Å². The number of anilines is 1. The first-order valence-corrected chi connectivity index (χ1v) is 8.91. The fraction of sp³-hybridized carbons (Fsp3) is 0.600. The molecule has 2 aliphatic rings. The first-order valence-electron chi connectivity index (χ1n) is 8.91. The van der Waals surface area contributed by atoms with E-state index in [1.54, 1.807) is 0 Å². The summed E-state index contributed by atoms with van der Waals surface area (Å²) in [5.74, 6) is 0. The van der Waals surface area contributed by atoms with Gasteiger partial charge in [-0.1, -0.05) is 26.0 Å². The van der Waals surface area contributed by atoms with Gasteiger partial charge in [-0.2, -0.15) is 0 Å². The molecule has 0 saturated carbocycles. The van der Waals surface area contributed by atoms with E-state index < -0.39 is 0 Å². The summed E-state index contributed by atoms with van der Waals surface area (Å²) in [5.41, 5.74) is 11.7. The smallest absolute Gasteiger partial charge is 0.0594 e. The van der Waals surface area contributed by atoms with Gasteiger partial charge in [0.1, 0.15) is 0 Å². The highest BCUT2D eigenvalue weighted by Crippen LogP contribution is 2.39. The van der Waals surface area contributed by atoms with Gasteiger partial charge in [-0.05, 0) is 54.4 Å². The van der Waals surface area contributed by atoms with Crippen LogP contribution < -0.4 is 5.73 Å². The van der Waals surface area contributed by atoms with Gasteiger partial charge in [0.2, 0.25) is 0 Å². The molecule has 0 spiro atoms. The van der Waals surface area contributed by atoms with Gasteiger partial charge >= 0.3 is 0 Å². The molecule has 1 aliphatic carbocycles. The van der Waals surface area contributed by atoms with Crippen LogP contribution in [0.15, 0.2) is 24.3 Å². The number of hydrogen-bond acceptors (Lipinski definition) is 3. The van der Waals surface area contributed by atoms with Crippen molar-refractivity contribution in [2.75, 3.05) is 38.6 Å². The van der Waals surface area contributed by atoms with E-state index in [9.17, 15) is 0 Å². The van der Waals surface area contributed by atoms with E-state index in [0.717, 1.165) is 57.8 Å². The lowest BCUT2D eigenvalue weighted by Gasteiger charge is -2.29. The molecule has 0 unspecified atom stereocenters. The van der Waals surface area contributed by atoms with E-state index >= 15 is 0 Å². The molecule has 0 aromatic heterocycles. The minimum Gasteiger partial charge on any atom is -0.398 e. The molecule has 4 heteroatoms. The maximum Gasteiger partial charge on any atom is 0.0594 e. The molecule has 0 amide bonds. The number of hydrogen-bond donors (Lipinski definition) is 1. The van der Waals surface area contributed by atoms with Crippen molar-refractivity contribution in [1.82, 2.24) is 4.90 Å². The van der Waals surface area contributed by atoms with Crippen LogP contribution >= 0.6 is 12.4 Å². The van der Waals surface area contributed by atoms with Gasteiger partial charge in [-0.3, -0.25) is 4.90 Å². The molecule has 0 atom stereocenters. The number of allylic oxidation sites excluding steroid dienone is 2. The SMILES string of the molecule is CC1(C)CC=C(c2cc(CCN3CCOCC3)ccc2N)CC1.Cl. The number of rotatable bonds is 4. The lowest BCUT2D eigenvalue weighted by Crippen LogP contribution is -2.37. The van der Waals surface area contributed by atoms with Gasteiger partial charge in [0, 0.05) is 30.9 Å². The number of benzene rings is 1. The van der Waals surface area contributed by atoms with Gasteiger partial charge in [-0.15, -0.1) is 12.4 Å². The molecule has 1 aliphatic heterocycles. The fourth-order valence-corrected chi connectivity index (χ4v) is 3.47. The third-order valence-corrected chi connectivity index (χ3v) is 5.26. The number of ether oxygens (including phenoxy) is 1. The molecule has 1 aromatic rings. The normalized spacial score (nSPS) is 21.0. The summed E-state index contributed by atoms with van der Waals surface area (Å²) in [4.78, 5) is 2.49. The molecule has 1 heterocycles. The van der Waals surface area contributed by atoms with Crippen molar-refractivity contribution in [3.05, 3.63) is 35.4 Å². The minimum atomic E-state index is 0. The van der Waals surface area contributed by atoms with E-state index in [-0.39, 0.29) is 12.4 Å². The summed E-state index contributed by atoms with van der Waals surface area (Å²) in [7, 11) is 0. The molecule has 3 rings (SSSR count). The van der Waals surface area contributed by atoms with E-state index in [1.165, 1.54) is 23.1 Å². The van der Waals surface area contributed by atoms with E-state index in [0.29, 0.717) is 5.41 Å². The Kier molecular flexibility index (Phi) is 6.73. The number of nitrogens with two attached hydrogens (primary N) is 1. The van der Waals surface area contributed by atoms with Gasteiger partial charge < -0.3 is 10.5 Å². The minimum absolute atomic E-state index is 0. The zero-order valence-electron chi connectivity index (χ0n) is 15.0. The van der Waals surface area contributed by atoms with Crippen LogP contribution in [-0.4, -0.2) is 37.7 Å². The highest BCUT2D eigenvalue weighted by Gasteiger charge is 2.22. The Bertz CT molecular complexity index is 577. The summed E-state index contributed by atoms with van der Waals surface area (Å²) in [5, 5.41) is 0. The van der Waals surface area contributed by atoms with Crippen molar-refractivity contribution in [2.45, 2.75) is 39.5 Å². The second-order valence-corrected chi connectivity index (χ2v) is 7.72. The maximum absolute atomic E-state index is 6.26. The van der Waals surface area contributed by atoms with Crippen molar-refractivity contribution in [3.8, 4) is 0 Å². The zero-order valence-corrected chi connectivity index (χ0v) is 15.8. The van der Waals surface area contributed by atoms with E-state index in [1.807, 2.05) is 0 Å². The van der Waals surface area contributed by atoms with Crippen LogP contribution in [0, 0.1) is 5.41 Å². The van der Waals surface area contributed by atoms with Gasteiger partial charge in [0.15, 0.2) is 0 Å². The molecular weight excluding hydrogens is 320 g/mol. The Morgan fingerprint density at radius 3 is 2.62 bits per heavy atom. The van der Waals surface area contributed by atoms with Crippen LogP contribution in [0.25, 0.3) is 5.57 Å². The number of nitrogens with zero attached hydrogens (tertiary/aromatic N) is 1. The van der Waals surface area contributed by atoms with E-state index in [4.69, 9.17) is 10.5 Å². The molecule has 134 valence electrons. The van der Waals surface area contributed by atoms with Crippen LogP contribution in [0.4, 0.5) is 5.69 Å². The average molecular weight is 351 g/mol. The third-order valence-electron chi connectivity index (χ3n) is 5.26. The predicted octanol–water partition coefficient (Wildman–Crippen LogP) is 4.16. The molecule has 0 bridgehead atoms. The van der Waals surface area contributed by atoms with Crippen molar-refractivity contribution in [3.63, 3.8) is 0 Å². The number of morpholine rings is 1. The second kappa shape index (κ2) is 8.37. The largest absolute Gasteiger partial charge is 0.398 e. The molecule has 1 saturated heterocycles. The summed E-state index contributed by atoms with van der Waals surface area (Å²) < 4.78 is 5.42. The van der Waals surface area contributed by atoms with Crippen LogP contribution in [-0.2, 0) is 11.2 Å². The number of nitrogen functional groups attached to an aromatic ring is 1. The standard InChI is InChI=1S/C20H30N2O.ClH/c1-20(2)8-5-17(6-9-20)18-15-16(3-4-19(18)21)7-10-22-11-13-23-14-12-22;/h3-5,15H,6-14,21H2,1-2H3;1H. The highest BCUT2D eigenvalue weighted by atomic mass is 35.5. The van der Waals surface area contributed by atoms with Crippen LogP contribution in [0.5, 0.6) is 0 Å². The second-order valence-electron chi connectivity index (χ2n) is 7.72. The van der Waals surface area contributed by atoms with E-state index in [2.05, 4.69) is 43.0 Å². The molecular formula is C20H31ClN2O. The summed E-state index contributed by atoms with van der Waals surface area (Å²) in [6.45, 7) is 9.67. The lowest BCUT2D eigenvalue weighted by atomic mass is 9.76. The summed E-state index contributed by atoms with van der Waals surface area (Å²) >= 11 is 0. The highest BCUT2D eigenvalue weighted by molar-refractivity contribution is 5.85. The molecule has 2 N–H and O–H groups in total. The first kappa shape index (κ1) is 19.3. The van der Waals surface area contributed by atoms with Gasteiger partial charge in [0.05, 0.1) is 13.2 Å². The zero-order chi connectivity index (χ0) is 16.3. The lowest BCUT2D eigenvalue weighted by molar-refractivity contribution is 0.0384. The number of halogens is 1. The Labute approximate surface area is 152 Å². The Morgan fingerprint density at radius 1 is 1.21 bits per heavy atom. The maximum atomic E-state index is 6.26. The molecule has 3 nitrogen and oxygen atoms in total. The Morgan fingerprint density at radius 2 is 1.96 bits per heavy atom. The Balaban J connectivity index is 0.00000208. The van der Waals surface area contributed by atoms with Crippen LogP contribution in [0.2, 0.25) is 0 Å². The third kappa shape index (κ3) is 4.98. The quantitative estimate of drug-likeness (QED) is 0.829. The summed E-state index contributed by atoms with van der Waals surface area (Å²) in [6.07, 6.45) is 7.03. The predicted molar refractivity (Wildman–Crippen MR) is 105 cm³/mol. The van der Waals surface area contributed by atoms with Crippen LogP contribution in [0.1, 0.15) is 44.2 Å².